The number of thiazole rings is 2. The lowest BCUT2D eigenvalue weighted by Gasteiger charge is -2.11. The van der Waals surface area contributed by atoms with E-state index in [0.29, 0.717) is 5.69 Å². The number of carbonyl (C=O) groups is 1. The highest BCUT2D eigenvalue weighted by Gasteiger charge is 2.30. The molecule has 0 spiro atoms. The fourth-order valence-corrected chi connectivity index (χ4v) is 7.69. The lowest BCUT2D eigenvalue weighted by atomic mass is 10.0. The monoisotopic (exact) mass is 771 g/mol. The molecular weight excluding hydrogens is 744 g/mol. The Hall–Kier alpha value is -6.84. The molecule has 0 aliphatic heterocycles. The van der Waals surface area contributed by atoms with Crippen LogP contribution in [0.15, 0.2) is 145 Å². The van der Waals surface area contributed by atoms with Crippen molar-refractivity contribution < 1.29 is 18.0 Å². The number of alkyl halides is 3. The second kappa shape index (κ2) is 14.9. The van der Waals surface area contributed by atoms with Gasteiger partial charge in [-0.1, -0.05) is 24.3 Å². The first-order valence-electron chi connectivity index (χ1n) is 16.7. The molecule has 0 radical (unpaired) electrons. The molecule has 6 heterocycles. The second-order valence-corrected chi connectivity index (χ2v) is 13.9. The third-order valence-electron chi connectivity index (χ3n) is 8.46. The number of nitrogens with two attached hydrogens (primary N) is 1. The molecule has 0 aliphatic rings. The standard InChI is InChI=1S/C24H16F3N5OS.C16H12N4S/c25-24(26,27)17-4-6-18(7-5-17)29-23(33)30-19-3-1-2-16(14-19)21-20(15-8-10-28-11-9-15)22-32(31-21)12-13-34-22;17-13-3-1-2-12(10-13)15-14(11-4-6-18-7-5-11)16-20(19-15)8-9-21-16/h1-14H,(H2,29,30,33);1-10H,17H2. The lowest BCUT2D eigenvalue weighted by molar-refractivity contribution is -0.137. The van der Waals surface area contributed by atoms with Crippen molar-refractivity contribution in [3.05, 3.63) is 151 Å². The van der Waals surface area contributed by atoms with Gasteiger partial charge in [0.05, 0.1) is 5.56 Å². The van der Waals surface area contributed by atoms with Gasteiger partial charge in [0.1, 0.15) is 21.0 Å². The molecule has 0 unspecified atom stereocenters. The number of hydrogen-bond donors (Lipinski definition) is 3. The van der Waals surface area contributed by atoms with Gasteiger partial charge in [0.15, 0.2) is 0 Å². The summed E-state index contributed by atoms with van der Waals surface area (Å²) in [6, 6.07) is 26.6. The van der Waals surface area contributed by atoms with Crippen molar-refractivity contribution in [1.29, 1.82) is 0 Å². The Morgan fingerprint density at radius 3 is 1.65 bits per heavy atom. The van der Waals surface area contributed by atoms with Crippen molar-refractivity contribution in [2.24, 2.45) is 0 Å². The zero-order valence-electron chi connectivity index (χ0n) is 28.5. The first kappa shape index (κ1) is 35.2. The Labute approximate surface area is 319 Å². The number of amides is 2. The number of fused-ring (bicyclic) bond motifs is 2. The molecule has 0 saturated carbocycles. The molecule has 15 heteroatoms. The number of nitrogens with zero attached hydrogens (tertiary/aromatic N) is 6. The van der Waals surface area contributed by atoms with Crippen LogP contribution in [0.25, 0.3) is 54.4 Å². The van der Waals surface area contributed by atoms with Crippen molar-refractivity contribution >= 4 is 55.4 Å². The van der Waals surface area contributed by atoms with Crippen molar-refractivity contribution in [2.45, 2.75) is 6.18 Å². The first-order chi connectivity index (χ1) is 26.7. The van der Waals surface area contributed by atoms with E-state index in [1.165, 1.54) is 12.1 Å². The van der Waals surface area contributed by atoms with Gasteiger partial charge in [-0.15, -0.1) is 22.7 Å². The molecular formula is C40H28F3N9OS2. The molecule has 272 valence electrons. The predicted molar refractivity (Wildman–Crippen MR) is 212 cm³/mol. The molecule has 0 atom stereocenters. The molecule has 9 aromatic rings. The van der Waals surface area contributed by atoms with Crippen LogP contribution in [-0.2, 0) is 6.18 Å². The minimum Gasteiger partial charge on any atom is -0.399 e. The smallest absolute Gasteiger partial charge is 0.399 e. The quantitative estimate of drug-likeness (QED) is 0.144. The van der Waals surface area contributed by atoms with Gasteiger partial charge in [0.25, 0.3) is 0 Å². The summed E-state index contributed by atoms with van der Waals surface area (Å²) in [5.74, 6) is 0. The Bertz CT molecular complexity index is 2740. The van der Waals surface area contributed by atoms with Crippen LogP contribution in [0.1, 0.15) is 5.56 Å². The highest BCUT2D eigenvalue weighted by molar-refractivity contribution is 7.16. The number of benzene rings is 3. The molecule has 0 aliphatic carbocycles. The number of carbonyl (C=O) groups excluding carboxylic acids is 1. The molecule has 10 nitrogen and oxygen atoms in total. The van der Waals surface area contributed by atoms with E-state index in [9.17, 15) is 18.0 Å². The maximum absolute atomic E-state index is 12.7. The Kier molecular flexibility index (Phi) is 9.53. The summed E-state index contributed by atoms with van der Waals surface area (Å²) in [7, 11) is 0. The van der Waals surface area contributed by atoms with Gasteiger partial charge in [-0.05, 0) is 83.9 Å². The van der Waals surface area contributed by atoms with Crippen LogP contribution in [0.4, 0.5) is 35.0 Å². The van der Waals surface area contributed by atoms with Crippen LogP contribution in [0, 0.1) is 0 Å². The van der Waals surface area contributed by atoms with Gasteiger partial charge in [-0.25, -0.2) is 13.8 Å². The molecule has 55 heavy (non-hydrogen) atoms. The molecule has 4 N–H and O–H groups in total. The fourth-order valence-electron chi connectivity index (χ4n) is 6.00. The third-order valence-corrected chi connectivity index (χ3v) is 10.2. The Morgan fingerprint density at radius 1 is 0.618 bits per heavy atom. The molecule has 0 bridgehead atoms. The number of urea groups is 1. The molecule has 3 aromatic carbocycles. The summed E-state index contributed by atoms with van der Waals surface area (Å²) < 4.78 is 41.9. The third kappa shape index (κ3) is 7.51. The van der Waals surface area contributed by atoms with Gasteiger partial charge >= 0.3 is 12.2 Å². The lowest BCUT2D eigenvalue weighted by Crippen LogP contribution is -2.19. The minimum atomic E-state index is -4.43. The van der Waals surface area contributed by atoms with E-state index in [2.05, 4.69) is 20.6 Å². The topological polar surface area (TPSA) is 128 Å². The molecule has 6 aromatic heterocycles. The summed E-state index contributed by atoms with van der Waals surface area (Å²) in [5, 5.41) is 18.7. The highest BCUT2D eigenvalue weighted by atomic mass is 32.1. The van der Waals surface area contributed by atoms with Crippen molar-refractivity contribution in [3.63, 3.8) is 0 Å². The van der Waals surface area contributed by atoms with Gasteiger partial charge in [-0.2, -0.15) is 23.4 Å². The maximum Gasteiger partial charge on any atom is 0.416 e. The minimum absolute atomic E-state index is 0.246. The number of hydrogen-bond acceptors (Lipinski definition) is 8. The molecule has 0 saturated heterocycles. The molecule has 9 rings (SSSR count). The molecule has 2 amide bonds. The number of halogens is 3. The van der Waals surface area contributed by atoms with Crippen LogP contribution in [0.3, 0.4) is 0 Å². The number of pyridine rings is 2. The predicted octanol–water partition coefficient (Wildman–Crippen LogP) is 10.5. The van der Waals surface area contributed by atoms with E-state index in [1.807, 2.05) is 86.8 Å². The van der Waals surface area contributed by atoms with E-state index in [4.69, 9.17) is 15.9 Å². The average Bonchev–Trinajstić information content (AvgIpc) is 3.98. The van der Waals surface area contributed by atoms with E-state index >= 15 is 0 Å². The zero-order chi connectivity index (χ0) is 37.9. The van der Waals surface area contributed by atoms with Crippen LogP contribution >= 0.6 is 22.7 Å². The van der Waals surface area contributed by atoms with Crippen molar-refractivity contribution in [3.8, 4) is 44.8 Å². The number of rotatable bonds is 6. The van der Waals surface area contributed by atoms with E-state index in [0.717, 1.165) is 72.2 Å². The van der Waals surface area contributed by atoms with Gasteiger partial charge in [0, 0.05) is 87.3 Å². The normalized spacial score (nSPS) is 11.3. The van der Waals surface area contributed by atoms with E-state index in [-0.39, 0.29) is 5.69 Å². The zero-order valence-corrected chi connectivity index (χ0v) is 30.1. The molecule has 0 fully saturated rings. The maximum atomic E-state index is 12.7. The summed E-state index contributed by atoms with van der Waals surface area (Å²) in [6.07, 6.45) is 6.47. The SMILES string of the molecule is Nc1cccc(-c2nn3ccsc3c2-c2ccncc2)c1.O=C(Nc1ccc(C(F)(F)F)cc1)Nc1cccc(-c2nn3ccsc3c2-c2ccncc2)c1. The summed E-state index contributed by atoms with van der Waals surface area (Å²) in [6.45, 7) is 0. The van der Waals surface area contributed by atoms with Crippen LogP contribution in [-0.4, -0.2) is 35.2 Å². The van der Waals surface area contributed by atoms with Crippen LogP contribution in [0.2, 0.25) is 0 Å². The van der Waals surface area contributed by atoms with Crippen molar-refractivity contribution in [2.75, 3.05) is 16.4 Å². The van der Waals surface area contributed by atoms with Gasteiger partial charge in [0.2, 0.25) is 0 Å². The van der Waals surface area contributed by atoms with Gasteiger partial charge in [-0.3, -0.25) is 9.97 Å². The van der Waals surface area contributed by atoms with Crippen LogP contribution < -0.4 is 16.4 Å². The van der Waals surface area contributed by atoms with E-state index < -0.39 is 17.8 Å². The highest BCUT2D eigenvalue weighted by Crippen LogP contribution is 2.39. The van der Waals surface area contributed by atoms with Crippen molar-refractivity contribution in [1.82, 2.24) is 29.2 Å². The van der Waals surface area contributed by atoms with Crippen LogP contribution in [0.5, 0.6) is 0 Å². The fraction of sp³-hybridized carbons (Fsp3) is 0.0250. The number of aromatic nitrogens is 6. The Morgan fingerprint density at radius 2 is 1.13 bits per heavy atom. The summed E-state index contributed by atoms with van der Waals surface area (Å²) in [4.78, 5) is 22.7. The second-order valence-electron chi connectivity index (χ2n) is 12.1. The summed E-state index contributed by atoms with van der Waals surface area (Å²) >= 11 is 3.25. The largest absolute Gasteiger partial charge is 0.416 e. The Balaban J connectivity index is 0.000000173. The average molecular weight is 772 g/mol. The number of nitrogen functional groups attached to an aromatic ring is 1. The summed E-state index contributed by atoms with van der Waals surface area (Å²) in [5.41, 5.74) is 14.3. The van der Waals surface area contributed by atoms with E-state index in [1.54, 1.807) is 65.7 Å². The first-order valence-corrected chi connectivity index (χ1v) is 18.4. The number of nitrogens with one attached hydrogen (secondary N) is 2. The number of anilines is 3. The van der Waals surface area contributed by atoms with Gasteiger partial charge < -0.3 is 16.4 Å².